The van der Waals surface area contributed by atoms with Crippen LogP contribution in [0.3, 0.4) is 0 Å². The van der Waals surface area contributed by atoms with Crippen molar-refractivity contribution in [1.29, 1.82) is 0 Å². The summed E-state index contributed by atoms with van der Waals surface area (Å²) in [4.78, 5) is 0. The van der Waals surface area contributed by atoms with E-state index in [2.05, 4.69) is 35.8 Å². The fourth-order valence-corrected chi connectivity index (χ4v) is 1.81. The Morgan fingerprint density at radius 2 is 2.21 bits per heavy atom. The van der Waals surface area contributed by atoms with Crippen molar-refractivity contribution in [2.24, 2.45) is 0 Å². The van der Waals surface area contributed by atoms with Crippen LogP contribution in [-0.2, 0) is 0 Å². The number of aryl methyl sites for hydroxylation is 1. The maximum Gasteiger partial charge on any atom is 0.119 e. The summed E-state index contributed by atoms with van der Waals surface area (Å²) in [5, 5.41) is 0. The van der Waals surface area contributed by atoms with Gasteiger partial charge in [-0.2, -0.15) is 11.8 Å². The molecule has 0 heterocycles. The Hall–Kier alpha value is -0.150. The summed E-state index contributed by atoms with van der Waals surface area (Å²) in [6.07, 6.45) is 0. The van der Waals surface area contributed by atoms with Gasteiger partial charge in [0.1, 0.15) is 5.75 Å². The lowest BCUT2D eigenvalue weighted by Crippen LogP contribution is -2.00. The van der Waals surface area contributed by atoms with Gasteiger partial charge in [-0.15, -0.1) is 0 Å². The van der Waals surface area contributed by atoms with E-state index in [0.717, 1.165) is 28.3 Å². The van der Waals surface area contributed by atoms with Gasteiger partial charge in [0.05, 0.1) is 6.61 Å². The van der Waals surface area contributed by atoms with E-state index in [9.17, 15) is 0 Å². The number of thioether (sulfide) groups is 1. The molecular formula is C11H15BrOS. The number of hydrogen-bond acceptors (Lipinski definition) is 2. The van der Waals surface area contributed by atoms with Crippen LogP contribution in [0.4, 0.5) is 0 Å². The predicted molar refractivity (Wildman–Crippen MR) is 67.4 cm³/mol. The molecule has 0 aliphatic heterocycles. The van der Waals surface area contributed by atoms with E-state index >= 15 is 0 Å². The third kappa shape index (κ3) is 3.93. The maximum absolute atomic E-state index is 5.60. The molecule has 0 unspecified atom stereocenters. The third-order valence-corrected chi connectivity index (χ3v) is 3.58. The average Bonchev–Trinajstić information content (AvgIpc) is 2.18. The molecule has 14 heavy (non-hydrogen) atoms. The molecule has 0 saturated heterocycles. The van der Waals surface area contributed by atoms with Crippen molar-refractivity contribution in [3.63, 3.8) is 0 Å². The summed E-state index contributed by atoms with van der Waals surface area (Å²) < 4.78 is 6.73. The highest BCUT2D eigenvalue weighted by atomic mass is 79.9. The van der Waals surface area contributed by atoms with Crippen LogP contribution in [0.15, 0.2) is 22.7 Å². The van der Waals surface area contributed by atoms with Gasteiger partial charge in [-0.3, -0.25) is 0 Å². The minimum atomic E-state index is 0.791. The van der Waals surface area contributed by atoms with E-state index in [1.54, 1.807) is 0 Å². The van der Waals surface area contributed by atoms with E-state index < -0.39 is 0 Å². The predicted octanol–water partition coefficient (Wildman–Crippen LogP) is 3.89. The molecule has 0 radical (unpaired) electrons. The molecule has 0 aliphatic carbocycles. The van der Waals surface area contributed by atoms with Crippen LogP contribution in [0, 0.1) is 6.92 Å². The molecule has 0 spiro atoms. The molecule has 1 rings (SSSR count). The first-order valence-corrected chi connectivity index (χ1v) is 6.65. The maximum atomic E-state index is 5.60. The molecule has 78 valence electrons. The second-order valence-corrected chi connectivity index (χ2v) is 5.20. The zero-order valence-corrected chi connectivity index (χ0v) is 11.0. The van der Waals surface area contributed by atoms with Crippen molar-refractivity contribution in [2.75, 3.05) is 18.1 Å². The van der Waals surface area contributed by atoms with E-state index in [0.29, 0.717) is 0 Å². The normalized spacial score (nSPS) is 10.2. The fourth-order valence-electron chi connectivity index (χ4n) is 1.07. The van der Waals surface area contributed by atoms with Crippen LogP contribution in [0.1, 0.15) is 12.5 Å². The van der Waals surface area contributed by atoms with Crippen LogP contribution in [0.25, 0.3) is 0 Å². The molecular weight excluding hydrogens is 260 g/mol. The molecule has 0 fully saturated rings. The highest BCUT2D eigenvalue weighted by Crippen LogP contribution is 2.21. The summed E-state index contributed by atoms with van der Waals surface area (Å²) in [5.41, 5.74) is 1.21. The Labute approximate surface area is 98.4 Å². The van der Waals surface area contributed by atoms with Gasteiger partial charge in [-0.1, -0.05) is 22.9 Å². The Balaban J connectivity index is 2.39. The number of hydrogen-bond donors (Lipinski definition) is 0. The fraction of sp³-hybridized carbons (Fsp3) is 0.455. The molecule has 0 bridgehead atoms. The summed E-state index contributed by atoms with van der Waals surface area (Å²) in [7, 11) is 0. The Bertz CT molecular complexity index is 289. The molecule has 0 saturated carbocycles. The second-order valence-electron chi connectivity index (χ2n) is 2.96. The Morgan fingerprint density at radius 3 is 2.86 bits per heavy atom. The topological polar surface area (TPSA) is 9.23 Å². The van der Waals surface area contributed by atoms with Gasteiger partial charge in [0.15, 0.2) is 0 Å². The SMILES string of the molecule is CCSCCOc1ccc(Br)c(C)c1. The third-order valence-electron chi connectivity index (χ3n) is 1.83. The lowest BCUT2D eigenvalue weighted by atomic mass is 10.2. The summed E-state index contributed by atoms with van der Waals surface area (Å²) in [6.45, 7) is 5.02. The van der Waals surface area contributed by atoms with Gasteiger partial charge in [-0.25, -0.2) is 0 Å². The highest BCUT2D eigenvalue weighted by molar-refractivity contribution is 9.10. The zero-order chi connectivity index (χ0) is 10.4. The van der Waals surface area contributed by atoms with Crippen LogP contribution < -0.4 is 4.74 Å². The average molecular weight is 275 g/mol. The second kappa shape index (κ2) is 6.36. The molecule has 1 nitrogen and oxygen atoms in total. The summed E-state index contributed by atoms with van der Waals surface area (Å²) in [6, 6.07) is 6.08. The van der Waals surface area contributed by atoms with Crippen molar-refractivity contribution in [3.05, 3.63) is 28.2 Å². The molecule has 0 aromatic heterocycles. The smallest absolute Gasteiger partial charge is 0.119 e. The zero-order valence-electron chi connectivity index (χ0n) is 8.55. The van der Waals surface area contributed by atoms with E-state index in [4.69, 9.17) is 4.74 Å². The quantitative estimate of drug-likeness (QED) is 0.754. The molecule has 1 aromatic rings. The van der Waals surface area contributed by atoms with Gasteiger partial charge >= 0.3 is 0 Å². The monoisotopic (exact) mass is 274 g/mol. The van der Waals surface area contributed by atoms with Crippen LogP contribution in [0.5, 0.6) is 5.75 Å². The molecule has 1 aromatic carbocycles. The largest absolute Gasteiger partial charge is 0.493 e. The van der Waals surface area contributed by atoms with Crippen molar-refractivity contribution < 1.29 is 4.74 Å². The first-order chi connectivity index (χ1) is 6.74. The van der Waals surface area contributed by atoms with Gasteiger partial charge in [-0.05, 0) is 36.4 Å². The van der Waals surface area contributed by atoms with E-state index in [1.165, 1.54) is 5.56 Å². The lowest BCUT2D eigenvalue weighted by Gasteiger charge is -2.06. The molecule has 0 atom stereocenters. The van der Waals surface area contributed by atoms with Crippen molar-refractivity contribution in [2.45, 2.75) is 13.8 Å². The molecule has 0 aliphatic rings. The van der Waals surface area contributed by atoms with Gasteiger partial charge in [0, 0.05) is 10.2 Å². The highest BCUT2D eigenvalue weighted by Gasteiger charge is 1.97. The lowest BCUT2D eigenvalue weighted by molar-refractivity contribution is 0.343. The first kappa shape index (κ1) is 11.9. The summed E-state index contributed by atoms with van der Waals surface area (Å²) >= 11 is 5.36. The standard InChI is InChI=1S/C11H15BrOS/c1-3-14-7-6-13-10-4-5-11(12)9(2)8-10/h4-5,8H,3,6-7H2,1-2H3. The van der Waals surface area contributed by atoms with Crippen molar-refractivity contribution >= 4 is 27.7 Å². The first-order valence-electron chi connectivity index (χ1n) is 4.70. The number of halogens is 1. The molecule has 0 amide bonds. The van der Waals surface area contributed by atoms with Gasteiger partial charge in [0.2, 0.25) is 0 Å². The number of benzene rings is 1. The van der Waals surface area contributed by atoms with E-state index in [1.807, 2.05) is 23.9 Å². The van der Waals surface area contributed by atoms with Crippen molar-refractivity contribution in [3.8, 4) is 5.75 Å². The number of ether oxygens (including phenoxy) is 1. The summed E-state index contributed by atoms with van der Waals surface area (Å²) in [5.74, 6) is 3.18. The van der Waals surface area contributed by atoms with Crippen LogP contribution >= 0.6 is 27.7 Å². The molecule has 3 heteroatoms. The minimum absolute atomic E-state index is 0.791. The molecule has 0 N–H and O–H groups in total. The van der Waals surface area contributed by atoms with Crippen LogP contribution in [0.2, 0.25) is 0 Å². The van der Waals surface area contributed by atoms with Gasteiger partial charge < -0.3 is 4.74 Å². The Morgan fingerprint density at radius 1 is 1.43 bits per heavy atom. The van der Waals surface area contributed by atoms with E-state index in [-0.39, 0.29) is 0 Å². The van der Waals surface area contributed by atoms with Crippen molar-refractivity contribution in [1.82, 2.24) is 0 Å². The van der Waals surface area contributed by atoms with Crippen LogP contribution in [-0.4, -0.2) is 18.1 Å². The Kier molecular flexibility index (Phi) is 5.41. The number of rotatable bonds is 5. The minimum Gasteiger partial charge on any atom is -0.493 e. The van der Waals surface area contributed by atoms with Gasteiger partial charge in [0.25, 0.3) is 0 Å².